The van der Waals surface area contributed by atoms with E-state index in [9.17, 15) is 0 Å². The highest BCUT2D eigenvalue weighted by molar-refractivity contribution is 7.81. The number of hydrogen-bond donors (Lipinski definition) is 1. The van der Waals surface area contributed by atoms with Crippen LogP contribution in [0.2, 0.25) is 0 Å². The van der Waals surface area contributed by atoms with Gasteiger partial charge in [0.25, 0.3) is 0 Å². The maximum atomic E-state index is 4.61. The lowest BCUT2D eigenvalue weighted by Gasteiger charge is -2.26. The molecule has 0 aromatic rings. The summed E-state index contributed by atoms with van der Waals surface area (Å²) in [6.07, 6.45) is 6.70. The van der Waals surface area contributed by atoms with Crippen LogP contribution in [0, 0.1) is 5.41 Å². The summed E-state index contributed by atoms with van der Waals surface area (Å²) < 4.78 is 0. The number of hydrogen-bond acceptors (Lipinski definition) is 1. The first-order valence-corrected chi connectivity index (χ1v) is 5.68. The molecule has 0 radical (unpaired) electrons. The van der Waals surface area contributed by atoms with Crippen molar-refractivity contribution in [1.82, 2.24) is 0 Å². The Hall–Kier alpha value is 0.350. The Morgan fingerprint density at radius 1 is 1.08 bits per heavy atom. The molecule has 0 aromatic heterocycles. The van der Waals surface area contributed by atoms with Crippen LogP contribution >= 0.6 is 12.6 Å². The molecule has 1 heteroatoms. The van der Waals surface area contributed by atoms with Crippen molar-refractivity contribution in [3.63, 3.8) is 0 Å². The molecule has 0 aromatic carbocycles. The summed E-state index contributed by atoms with van der Waals surface area (Å²) in [4.78, 5) is 0. The van der Waals surface area contributed by atoms with Gasteiger partial charge in [0, 0.05) is 5.25 Å². The molecule has 0 saturated heterocycles. The molecule has 0 spiro atoms. The first kappa shape index (κ1) is 12.3. The molecule has 1 atom stereocenters. The van der Waals surface area contributed by atoms with Gasteiger partial charge in [-0.25, -0.2) is 0 Å². The van der Waals surface area contributed by atoms with Gasteiger partial charge >= 0.3 is 0 Å². The van der Waals surface area contributed by atoms with Crippen LogP contribution in [0.5, 0.6) is 0 Å². The summed E-state index contributed by atoms with van der Waals surface area (Å²) in [6, 6.07) is 0. The summed E-state index contributed by atoms with van der Waals surface area (Å²) in [5.41, 5.74) is 0.370. The molecule has 0 aliphatic carbocycles. The van der Waals surface area contributed by atoms with E-state index in [1.807, 2.05) is 0 Å². The second kappa shape index (κ2) is 5.90. The number of rotatable bonds is 5. The second-order valence-corrected chi connectivity index (χ2v) is 5.35. The molecule has 1 unspecified atom stereocenters. The van der Waals surface area contributed by atoms with E-state index in [1.165, 1.54) is 32.1 Å². The minimum atomic E-state index is 0.370. The average Bonchev–Trinajstić information content (AvgIpc) is 1.96. The minimum Gasteiger partial charge on any atom is -0.175 e. The van der Waals surface area contributed by atoms with Crippen LogP contribution in [0.4, 0.5) is 0 Å². The summed E-state index contributed by atoms with van der Waals surface area (Å²) >= 11 is 4.61. The van der Waals surface area contributed by atoms with Crippen LogP contribution < -0.4 is 0 Å². The lowest BCUT2D eigenvalue weighted by Crippen LogP contribution is -2.20. The van der Waals surface area contributed by atoms with Gasteiger partial charge in [0.05, 0.1) is 0 Å². The molecule has 0 aliphatic heterocycles. The minimum absolute atomic E-state index is 0.370. The summed E-state index contributed by atoms with van der Waals surface area (Å²) in [7, 11) is 0. The fourth-order valence-corrected chi connectivity index (χ4v) is 1.38. The van der Waals surface area contributed by atoms with Gasteiger partial charge in [-0.2, -0.15) is 12.6 Å². The van der Waals surface area contributed by atoms with Gasteiger partial charge in [0.2, 0.25) is 0 Å². The van der Waals surface area contributed by atoms with Gasteiger partial charge in [0.1, 0.15) is 0 Å². The maximum Gasteiger partial charge on any atom is 0.00653 e. The maximum absolute atomic E-state index is 4.61. The average molecular weight is 188 g/mol. The van der Waals surface area contributed by atoms with Crippen molar-refractivity contribution >= 4 is 12.6 Å². The molecule has 0 fully saturated rings. The zero-order valence-corrected chi connectivity index (χ0v) is 9.95. The molecule has 0 rings (SSSR count). The van der Waals surface area contributed by atoms with E-state index >= 15 is 0 Å². The number of thiol groups is 1. The summed E-state index contributed by atoms with van der Waals surface area (Å²) in [5.74, 6) is 0. The molecule has 0 bridgehead atoms. The first-order valence-electron chi connectivity index (χ1n) is 5.16. The zero-order chi connectivity index (χ0) is 9.61. The molecule has 0 amide bonds. The highest BCUT2D eigenvalue weighted by atomic mass is 32.1. The topological polar surface area (TPSA) is 0 Å². The van der Waals surface area contributed by atoms with Gasteiger partial charge in [-0.3, -0.25) is 0 Å². The van der Waals surface area contributed by atoms with E-state index in [4.69, 9.17) is 0 Å². The molecule has 12 heavy (non-hydrogen) atoms. The molecular formula is C11H24S. The number of unbranched alkanes of at least 4 members (excludes halogenated alkanes) is 3. The Bertz CT molecular complexity index is 102. The predicted molar refractivity (Wildman–Crippen MR) is 61.0 cm³/mol. The van der Waals surface area contributed by atoms with E-state index in [-0.39, 0.29) is 0 Å². The Kier molecular flexibility index (Phi) is 6.08. The predicted octanol–water partition coefficient (Wildman–Crippen LogP) is 4.30. The van der Waals surface area contributed by atoms with Crippen LogP contribution in [-0.2, 0) is 0 Å². The van der Waals surface area contributed by atoms with Crippen molar-refractivity contribution in [2.45, 2.75) is 65.0 Å². The normalized spacial score (nSPS) is 14.8. The Balaban J connectivity index is 3.38. The van der Waals surface area contributed by atoms with E-state index in [0.29, 0.717) is 10.7 Å². The van der Waals surface area contributed by atoms with Crippen molar-refractivity contribution < 1.29 is 0 Å². The van der Waals surface area contributed by atoms with Gasteiger partial charge < -0.3 is 0 Å². The van der Waals surface area contributed by atoms with Gasteiger partial charge in [-0.05, 0) is 11.8 Å². The van der Waals surface area contributed by atoms with Crippen LogP contribution in [-0.4, -0.2) is 5.25 Å². The third kappa shape index (κ3) is 5.93. The fourth-order valence-electron chi connectivity index (χ4n) is 1.20. The van der Waals surface area contributed by atoms with Gasteiger partial charge in [0.15, 0.2) is 0 Å². The molecule has 74 valence electrons. The smallest absolute Gasteiger partial charge is 0.00653 e. The SMILES string of the molecule is CCCCCCC(S)C(C)(C)C. The highest BCUT2D eigenvalue weighted by Gasteiger charge is 2.19. The van der Waals surface area contributed by atoms with E-state index < -0.39 is 0 Å². The largest absolute Gasteiger partial charge is 0.175 e. The van der Waals surface area contributed by atoms with Crippen LogP contribution in [0.3, 0.4) is 0 Å². The van der Waals surface area contributed by atoms with Gasteiger partial charge in [-0.1, -0.05) is 53.4 Å². The lowest BCUT2D eigenvalue weighted by molar-refractivity contribution is 0.373. The third-order valence-corrected chi connectivity index (χ3v) is 3.36. The zero-order valence-electron chi connectivity index (χ0n) is 9.06. The monoisotopic (exact) mass is 188 g/mol. The van der Waals surface area contributed by atoms with Crippen LogP contribution in [0.15, 0.2) is 0 Å². The quantitative estimate of drug-likeness (QED) is 0.482. The molecule has 0 aliphatic rings. The Morgan fingerprint density at radius 3 is 2.08 bits per heavy atom. The summed E-state index contributed by atoms with van der Waals surface area (Å²) in [6.45, 7) is 9.06. The molecular weight excluding hydrogens is 164 g/mol. The molecule has 0 nitrogen and oxygen atoms in total. The van der Waals surface area contributed by atoms with E-state index in [2.05, 4.69) is 40.3 Å². The van der Waals surface area contributed by atoms with Crippen molar-refractivity contribution in [1.29, 1.82) is 0 Å². The fraction of sp³-hybridized carbons (Fsp3) is 1.00. The lowest BCUT2D eigenvalue weighted by atomic mass is 9.88. The standard InChI is InChI=1S/C11H24S/c1-5-6-7-8-9-10(12)11(2,3)4/h10,12H,5-9H2,1-4H3. The second-order valence-electron chi connectivity index (χ2n) is 4.73. The van der Waals surface area contributed by atoms with Crippen molar-refractivity contribution in [3.05, 3.63) is 0 Å². The van der Waals surface area contributed by atoms with Crippen LogP contribution in [0.25, 0.3) is 0 Å². The van der Waals surface area contributed by atoms with Gasteiger partial charge in [-0.15, -0.1) is 0 Å². The van der Waals surface area contributed by atoms with Crippen molar-refractivity contribution in [2.75, 3.05) is 0 Å². The van der Waals surface area contributed by atoms with Crippen LogP contribution in [0.1, 0.15) is 59.8 Å². The first-order chi connectivity index (χ1) is 5.48. The molecule has 0 heterocycles. The highest BCUT2D eigenvalue weighted by Crippen LogP contribution is 2.28. The third-order valence-electron chi connectivity index (χ3n) is 2.33. The Labute approximate surface area is 83.5 Å². The molecule has 0 N–H and O–H groups in total. The van der Waals surface area contributed by atoms with Crippen molar-refractivity contribution in [3.8, 4) is 0 Å². The van der Waals surface area contributed by atoms with E-state index in [0.717, 1.165) is 0 Å². The molecule has 0 saturated carbocycles. The van der Waals surface area contributed by atoms with Crippen molar-refractivity contribution in [2.24, 2.45) is 5.41 Å². The van der Waals surface area contributed by atoms with E-state index in [1.54, 1.807) is 0 Å². The summed E-state index contributed by atoms with van der Waals surface area (Å²) in [5, 5.41) is 0.564. The Morgan fingerprint density at radius 2 is 1.67 bits per heavy atom.